The van der Waals surface area contributed by atoms with Crippen molar-refractivity contribution < 1.29 is 4.39 Å². The average Bonchev–Trinajstić information content (AvgIpc) is 2.55. The van der Waals surface area contributed by atoms with Gasteiger partial charge in [0.1, 0.15) is 5.82 Å². The van der Waals surface area contributed by atoms with Crippen molar-refractivity contribution in [2.45, 2.75) is 13.5 Å². The molecule has 0 spiro atoms. The van der Waals surface area contributed by atoms with Crippen LogP contribution >= 0.6 is 11.6 Å². The van der Waals surface area contributed by atoms with Crippen LogP contribution in [0.25, 0.3) is 0 Å². The van der Waals surface area contributed by atoms with Gasteiger partial charge in [-0.3, -0.25) is 0 Å². The molecule has 0 atom stereocenters. The fourth-order valence-electron chi connectivity index (χ4n) is 1.36. The number of nitrogen functional groups attached to an aromatic ring is 1. The summed E-state index contributed by atoms with van der Waals surface area (Å²) in [6.07, 6.45) is 0. The summed E-state index contributed by atoms with van der Waals surface area (Å²) in [5, 5.41) is 7.87. The van der Waals surface area contributed by atoms with E-state index >= 15 is 0 Å². The van der Waals surface area contributed by atoms with Crippen molar-refractivity contribution in [1.29, 1.82) is 0 Å². The lowest BCUT2D eigenvalue weighted by atomic mass is 10.2. The van der Waals surface area contributed by atoms with Gasteiger partial charge < -0.3 is 5.73 Å². The highest BCUT2D eigenvalue weighted by molar-refractivity contribution is 6.31. The van der Waals surface area contributed by atoms with E-state index < -0.39 is 0 Å². The highest BCUT2D eigenvalue weighted by atomic mass is 35.5. The second-order valence-corrected chi connectivity index (χ2v) is 3.83. The zero-order valence-electron chi connectivity index (χ0n) is 8.61. The van der Waals surface area contributed by atoms with Crippen molar-refractivity contribution >= 4 is 17.4 Å². The van der Waals surface area contributed by atoms with Crippen LogP contribution in [-0.2, 0) is 6.54 Å². The van der Waals surface area contributed by atoms with Crippen molar-refractivity contribution in [3.8, 4) is 0 Å². The van der Waals surface area contributed by atoms with Gasteiger partial charge in [0.2, 0.25) is 0 Å². The van der Waals surface area contributed by atoms with Crippen molar-refractivity contribution in [1.82, 2.24) is 15.0 Å². The summed E-state index contributed by atoms with van der Waals surface area (Å²) in [7, 11) is 0. The van der Waals surface area contributed by atoms with E-state index in [1.54, 1.807) is 19.1 Å². The zero-order chi connectivity index (χ0) is 11.7. The molecule has 0 aliphatic carbocycles. The van der Waals surface area contributed by atoms with E-state index in [0.29, 0.717) is 22.1 Å². The van der Waals surface area contributed by atoms with Crippen LogP contribution in [-0.4, -0.2) is 15.0 Å². The van der Waals surface area contributed by atoms with Crippen molar-refractivity contribution in [2.75, 3.05) is 5.73 Å². The van der Waals surface area contributed by atoms with Gasteiger partial charge in [0.25, 0.3) is 0 Å². The lowest BCUT2D eigenvalue weighted by molar-refractivity contribution is 0.571. The van der Waals surface area contributed by atoms with Crippen molar-refractivity contribution in [3.05, 3.63) is 40.3 Å². The molecule has 0 saturated heterocycles. The molecule has 2 aromatic rings. The Hall–Kier alpha value is -1.62. The van der Waals surface area contributed by atoms with E-state index in [9.17, 15) is 4.39 Å². The maximum Gasteiger partial charge on any atom is 0.168 e. The van der Waals surface area contributed by atoms with E-state index in [4.69, 9.17) is 17.3 Å². The summed E-state index contributed by atoms with van der Waals surface area (Å²) in [5.74, 6) is -0.0200. The monoisotopic (exact) mass is 240 g/mol. The molecule has 16 heavy (non-hydrogen) atoms. The Bertz CT molecular complexity index is 503. The number of aromatic nitrogens is 3. The molecule has 0 aliphatic heterocycles. The van der Waals surface area contributed by atoms with Gasteiger partial charge in [-0.2, -0.15) is 0 Å². The molecule has 0 radical (unpaired) electrons. The third-order valence-electron chi connectivity index (χ3n) is 2.39. The van der Waals surface area contributed by atoms with Crippen LogP contribution in [0.2, 0.25) is 5.02 Å². The second kappa shape index (κ2) is 4.09. The van der Waals surface area contributed by atoms with Crippen LogP contribution in [0, 0.1) is 12.7 Å². The number of nitrogens with two attached hydrogens (primary N) is 1. The fourth-order valence-corrected chi connectivity index (χ4v) is 1.58. The Kier molecular flexibility index (Phi) is 2.78. The van der Waals surface area contributed by atoms with Crippen LogP contribution in [0.15, 0.2) is 18.2 Å². The summed E-state index contributed by atoms with van der Waals surface area (Å²) in [5.41, 5.74) is 6.63. The SMILES string of the molecule is Cc1c(N)nnn1Cc1c(F)cccc1Cl. The number of nitrogens with zero attached hydrogens (tertiary/aromatic N) is 3. The Morgan fingerprint density at radius 2 is 2.25 bits per heavy atom. The molecule has 0 amide bonds. The van der Waals surface area contributed by atoms with E-state index in [1.165, 1.54) is 10.7 Å². The van der Waals surface area contributed by atoms with Gasteiger partial charge in [-0.25, -0.2) is 9.07 Å². The van der Waals surface area contributed by atoms with E-state index in [1.807, 2.05) is 0 Å². The first-order chi connectivity index (χ1) is 7.59. The van der Waals surface area contributed by atoms with Crippen LogP contribution in [0.5, 0.6) is 0 Å². The maximum absolute atomic E-state index is 13.5. The predicted molar refractivity (Wildman–Crippen MR) is 59.7 cm³/mol. The maximum atomic E-state index is 13.5. The molecular formula is C10H10ClFN4. The molecule has 6 heteroatoms. The minimum Gasteiger partial charge on any atom is -0.381 e. The Morgan fingerprint density at radius 3 is 2.81 bits per heavy atom. The first kappa shape index (κ1) is 10.9. The molecule has 84 valence electrons. The van der Waals surface area contributed by atoms with Gasteiger partial charge in [0, 0.05) is 10.6 Å². The smallest absolute Gasteiger partial charge is 0.168 e. The molecular weight excluding hydrogens is 231 g/mol. The molecule has 2 rings (SSSR count). The van der Waals surface area contributed by atoms with Crippen molar-refractivity contribution in [2.24, 2.45) is 0 Å². The Balaban J connectivity index is 2.38. The summed E-state index contributed by atoms with van der Waals surface area (Å²) >= 11 is 5.91. The van der Waals surface area contributed by atoms with E-state index in [0.717, 1.165) is 0 Å². The predicted octanol–water partition coefficient (Wildman–Crippen LogP) is 2.01. The molecule has 0 unspecified atom stereocenters. The normalized spacial score (nSPS) is 10.7. The number of benzene rings is 1. The summed E-state index contributed by atoms with van der Waals surface area (Å²) in [4.78, 5) is 0. The minimum absolute atomic E-state index is 0.224. The van der Waals surface area contributed by atoms with Crippen molar-refractivity contribution in [3.63, 3.8) is 0 Å². The third-order valence-corrected chi connectivity index (χ3v) is 2.74. The van der Waals surface area contributed by atoms with Gasteiger partial charge >= 0.3 is 0 Å². The quantitative estimate of drug-likeness (QED) is 0.874. The highest BCUT2D eigenvalue weighted by Gasteiger charge is 2.11. The largest absolute Gasteiger partial charge is 0.381 e. The first-order valence-electron chi connectivity index (χ1n) is 4.68. The van der Waals surface area contributed by atoms with Gasteiger partial charge in [0.05, 0.1) is 12.2 Å². The van der Waals surface area contributed by atoms with Crippen LogP contribution in [0.4, 0.5) is 10.2 Å². The van der Waals surface area contributed by atoms with Gasteiger partial charge in [-0.15, -0.1) is 5.10 Å². The van der Waals surface area contributed by atoms with E-state index in [2.05, 4.69) is 10.3 Å². The Labute approximate surface area is 96.8 Å². The second-order valence-electron chi connectivity index (χ2n) is 3.42. The van der Waals surface area contributed by atoms with Crippen LogP contribution < -0.4 is 5.73 Å². The standard InChI is InChI=1S/C10H10ClFN4/c1-6-10(13)14-15-16(6)5-7-8(11)3-2-4-9(7)12/h2-4H,5,13H2,1H3. The zero-order valence-corrected chi connectivity index (χ0v) is 9.37. The summed E-state index contributed by atoms with van der Waals surface area (Å²) in [6, 6.07) is 4.55. The molecule has 0 fully saturated rings. The molecule has 1 heterocycles. The molecule has 0 aliphatic rings. The number of rotatable bonds is 2. The van der Waals surface area contributed by atoms with Gasteiger partial charge in [0.15, 0.2) is 5.82 Å². The third kappa shape index (κ3) is 1.86. The molecule has 1 aromatic carbocycles. The fraction of sp³-hybridized carbons (Fsp3) is 0.200. The molecule has 0 bridgehead atoms. The molecule has 1 aromatic heterocycles. The van der Waals surface area contributed by atoms with E-state index in [-0.39, 0.29) is 12.4 Å². The Morgan fingerprint density at radius 1 is 1.50 bits per heavy atom. The molecule has 0 saturated carbocycles. The number of anilines is 1. The molecule has 4 nitrogen and oxygen atoms in total. The molecule has 2 N–H and O–H groups in total. The topological polar surface area (TPSA) is 56.7 Å². The van der Waals surface area contributed by atoms with Gasteiger partial charge in [-0.1, -0.05) is 22.9 Å². The minimum atomic E-state index is -0.360. The number of halogens is 2. The highest BCUT2D eigenvalue weighted by Crippen LogP contribution is 2.20. The number of hydrogen-bond acceptors (Lipinski definition) is 3. The summed E-state index contributed by atoms with van der Waals surface area (Å²) < 4.78 is 15.0. The first-order valence-corrected chi connectivity index (χ1v) is 5.06. The number of hydrogen-bond donors (Lipinski definition) is 1. The lowest BCUT2D eigenvalue weighted by Gasteiger charge is -2.06. The average molecular weight is 241 g/mol. The summed E-state index contributed by atoms with van der Waals surface area (Å²) in [6.45, 7) is 1.99. The van der Waals surface area contributed by atoms with Crippen LogP contribution in [0.3, 0.4) is 0 Å². The lowest BCUT2D eigenvalue weighted by Crippen LogP contribution is -2.06. The van der Waals surface area contributed by atoms with Gasteiger partial charge in [-0.05, 0) is 19.1 Å². The van der Waals surface area contributed by atoms with Crippen LogP contribution in [0.1, 0.15) is 11.3 Å².